The molecule has 0 aliphatic heterocycles. The Balaban J connectivity index is 1.89. The van der Waals surface area contributed by atoms with Gasteiger partial charge >= 0.3 is 0 Å². The van der Waals surface area contributed by atoms with Crippen molar-refractivity contribution >= 4 is 22.4 Å². The van der Waals surface area contributed by atoms with Gasteiger partial charge in [0.15, 0.2) is 5.13 Å². The lowest BCUT2D eigenvalue weighted by atomic mass is 10.0. The summed E-state index contributed by atoms with van der Waals surface area (Å²) in [6.45, 7) is 5.99. The lowest BCUT2D eigenvalue weighted by molar-refractivity contribution is 0.0992. The van der Waals surface area contributed by atoms with Crippen LogP contribution in [0.5, 0.6) is 11.5 Å². The van der Waals surface area contributed by atoms with Crippen molar-refractivity contribution in [3.8, 4) is 22.8 Å². The topological polar surface area (TPSA) is 51.7 Å². The number of hydrogen-bond acceptors (Lipinski definition) is 5. The van der Waals surface area contributed by atoms with E-state index in [0.717, 1.165) is 39.4 Å². The molecule has 1 amide bonds. The fourth-order valence-electron chi connectivity index (χ4n) is 3.01. The second-order valence-electron chi connectivity index (χ2n) is 6.68. The van der Waals surface area contributed by atoms with E-state index in [1.807, 2.05) is 31.4 Å². The van der Waals surface area contributed by atoms with Crippen LogP contribution in [0.4, 0.5) is 5.13 Å². The zero-order chi connectivity index (χ0) is 20.4. The first-order valence-electron chi connectivity index (χ1n) is 8.89. The van der Waals surface area contributed by atoms with Crippen LogP contribution in [0.1, 0.15) is 27.0 Å². The van der Waals surface area contributed by atoms with Gasteiger partial charge in [0.25, 0.3) is 5.91 Å². The zero-order valence-electron chi connectivity index (χ0n) is 17.0. The van der Waals surface area contributed by atoms with E-state index < -0.39 is 0 Å². The number of methoxy groups -OCH3 is 2. The Labute approximate surface area is 169 Å². The Bertz CT molecular complexity index is 1030. The third-order valence-corrected chi connectivity index (χ3v) is 5.80. The number of carbonyl (C=O) groups is 1. The van der Waals surface area contributed by atoms with Crippen molar-refractivity contribution in [2.45, 2.75) is 20.8 Å². The molecule has 0 fully saturated rings. The highest BCUT2D eigenvalue weighted by Gasteiger charge is 2.19. The van der Waals surface area contributed by atoms with E-state index in [0.29, 0.717) is 10.7 Å². The molecule has 146 valence electrons. The van der Waals surface area contributed by atoms with Gasteiger partial charge in [0.05, 0.1) is 19.9 Å². The van der Waals surface area contributed by atoms with Gasteiger partial charge in [-0.15, -0.1) is 11.3 Å². The molecule has 5 nitrogen and oxygen atoms in total. The van der Waals surface area contributed by atoms with Gasteiger partial charge < -0.3 is 9.47 Å². The molecule has 28 heavy (non-hydrogen) atoms. The maximum atomic E-state index is 12.9. The van der Waals surface area contributed by atoms with E-state index in [9.17, 15) is 4.79 Å². The molecule has 3 rings (SSSR count). The van der Waals surface area contributed by atoms with Crippen molar-refractivity contribution in [2.75, 3.05) is 26.2 Å². The van der Waals surface area contributed by atoms with Crippen LogP contribution < -0.4 is 14.4 Å². The molecule has 1 heterocycles. The molecule has 2 aromatic carbocycles. The number of amides is 1. The van der Waals surface area contributed by atoms with Crippen molar-refractivity contribution in [1.82, 2.24) is 4.98 Å². The summed E-state index contributed by atoms with van der Waals surface area (Å²) in [5, 5.41) is 2.61. The fourth-order valence-corrected chi connectivity index (χ4v) is 3.81. The lowest BCUT2D eigenvalue weighted by Gasteiger charge is -2.16. The third-order valence-electron chi connectivity index (χ3n) is 4.88. The maximum absolute atomic E-state index is 12.9. The van der Waals surface area contributed by atoms with Crippen molar-refractivity contribution in [1.29, 1.82) is 0 Å². The van der Waals surface area contributed by atoms with E-state index in [-0.39, 0.29) is 5.91 Å². The zero-order valence-corrected chi connectivity index (χ0v) is 17.8. The Morgan fingerprint density at radius 1 is 1.04 bits per heavy atom. The van der Waals surface area contributed by atoms with Crippen LogP contribution in [0, 0.1) is 20.8 Å². The molecule has 0 aliphatic carbocycles. The number of aromatic nitrogens is 1. The van der Waals surface area contributed by atoms with E-state index >= 15 is 0 Å². The fraction of sp³-hybridized carbons (Fsp3) is 0.273. The summed E-state index contributed by atoms with van der Waals surface area (Å²) in [6, 6.07) is 9.51. The number of anilines is 1. The van der Waals surface area contributed by atoms with Crippen molar-refractivity contribution < 1.29 is 14.3 Å². The molecule has 3 aromatic rings. The Kier molecular flexibility index (Phi) is 5.70. The van der Waals surface area contributed by atoms with E-state index in [1.54, 1.807) is 38.3 Å². The molecule has 0 unspecified atom stereocenters. The first kappa shape index (κ1) is 19.9. The summed E-state index contributed by atoms with van der Waals surface area (Å²) in [5.41, 5.74) is 5.56. The van der Waals surface area contributed by atoms with Crippen LogP contribution in [0.2, 0.25) is 0 Å². The van der Waals surface area contributed by atoms with Crippen LogP contribution in [0.3, 0.4) is 0 Å². The highest BCUT2D eigenvalue weighted by Crippen LogP contribution is 2.33. The first-order chi connectivity index (χ1) is 13.3. The number of hydrogen-bond donors (Lipinski definition) is 0. The Morgan fingerprint density at radius 2 is 1.79 bits per heavy atom. The number of benzene rings is 2. The van der Waals surface area contributed by atoms with Crippen LogP contribution in [-0.2, 0) is 0 Å². The molecule has 0 saturated heterocycles. The summed E-state index contributed by atoms with van der Waals surface area (Å²) >= 11 is 1.44. The van der Waals surface area contributed by atoms with Crippen LogP contribution >= 0.6 is 11.3 Å². The molecule has 0 saturated carbocycles. The van der Waals surface area contributed by atoms with Gasteiger partial charge in [-0.3, -0.25) is 9.69 Å². The maximum Gasteiger partial charge on any atom is 0.260 e. The van der Waals surface area contributed by atoms with Crippen LogP contribution in [-0.4, -0.2) is 32.2 Å². The number of nitrogens with zero attached hydrogens (tertiary/aromatic N) is 2. The predicted molar refractivity (Wildman–Crippen MR) is 114 cm³/mol. The average Bonchev–Trinajstić information content (AvgIpc) is 3.18. The van der Waals surface area contributed by atoms with Gasteiger partial charge in [-0.05, 0) is 67.8 Å². The van der Waals surface area contributed by atoms with Crippen molar-refractivity contribution in [3.05, 3.63) is 58.0 Å². The van der Waals surface area contributed by atoms with E-state index in [2.05, 4.69) is 18.0 Å². The normalized spacial score (nSPS) is 10.6. The summed E-state index contributed by atoms with van der Waals surface area (Å²) in [4.78, 5) is 19.2. The van der Waals surface area contributed by atoms with Crippen molar-refractivity contribution in [2.24, 2.45) is 0 Å². The van der Waals surface area contributed by atoms with Gasteiger partial charge in [0.2, 0.25) is 0 Å². The standard InChI is InChI=1S/C22H24N2O3S/c1-13-9-16(11-20(27-6)15(13)3)19-12-28-22(23-19)24(4)21(25)18-8-7-17(26-5)10-14(18)2/h7-12H,1-6H3. The molecule has 0 radical (unpaired) electrons. The van der Waals surface area contributed by atoms with E-state index in [4.69, 9.17) is 9.47 Å². The SMILES string of the molecule is COc1ccc(C(=O)N(C)c2nc(-c3cc(C)c(C)c(OC)c3)cs2)c(C)c1. The second-order valence-corrected chi connectivity index (χ2v) is 7.52. The summed E-state index contributed by atoms with van der Waals surface area (Å²) in [7, 11) is 5.03. The van der Waals surface area contributed by atoms with E-state index in [1.165, 1.54) is 11.3 Å². The quantitative estimate of drug-likeness (QED) is 0.607. The van der Waals surface area contributed by atoms with Gasteiger partial charge in [-0.2, -0.15) is 0 Å². The average molecular weight is 397 g/mol. The number of rotatable bonds is 5. The monoisotopic (exact) mass is 396 g/mol. The highest BCUT2D eigenvalue weighted by atomic mass is 32.1. The lowest BCUT2D eigenvalue weighted by Crippen LogP contribution is -2.26. The van der Waals surface area contributed by atoms with Crippen LogP contribution in [0.25, 0.3) is 11.3 Å². The molecule has 1 aromatic heterocycles. The van der Waals surface area contributed by atoms with Crippen LogP contribution in [0.15, 0.2) is 35.7 Å². The van der Waals surface area contributed by atoms with Gasteiger partial charge in [0, 0.05) is 23.6 Å². The second kappa shape index (κ2) is 8.02. The summed E-state index contributed by atoms with van der Waals surface area (Å²) < 4.78 is 10.7. The van der Waals surface area contributed by atoms with Gasteiger partial charge in [-0.1, -0.05) is 0 Å². The number of ether oxygens (including phenoxy) is 2. The predicted octanol–water partition coefficient (Wildman–Crippen LogP) is 5.03. The summed E-state index contributed by atoms with van der Waals surface area (Å²) in [5.74, 6) is 1.47. The molecule has 0 atom stereocenters. The minimum Gasteiger partial charge on any atom is -0.497 e. The molecule has 0 aliphatic rings. The minimum atomic E-state index is -0.0984. The summed E-state index contributed by atoms with van der Waals surface area (Å²) in [6.07, 6.45) is 0. The Hall–Kier alpha value is -2.86. The Morgan fingerprint density at radius 3 is 2.43 bits per heavy atom. The number of thiazole rings is 1. The number of carbonyl (C=O) groups excluding carboxylic acids is 1. The molecule has 0 N–H and O–H groups in total. The molecule has 0 bridgehead atoms. The molecular formula is C22H24N2O3S. The molecular weight excluding hydrogens is 372 g/mol. The third kappa shape index (κ3) is 3.73. The first-order valence-corrected chi connectivity index (χ1v) is 9.77. The highest BCUT2D eigenvalue weighted by molar-refractivity contribution is 7.14. The number of aryl methyl sites for hydroxylation is 2. The molecule has 6 heteroatoms. The largest absolute Gasteiger partial charge is 0.497 e. The molecule has 0 spiro atoms. The van der Waals surface area contributed by atoms with Crippen molar-refractivity contribution in [3.63, 3.8) is 0 Å². The smallest absolute Gasteiger partial charge is 0.260 e. The van der Waals surface area contributed by atoms with Gasteiger partial charge in [0.1, 0.15) is 11.5 Å². The minimum absolute atomic E-state index is 0.0984. The van der Waals surface area contributed by atoms with Gasteiger partial charge in [-0.25, -0.2) is 4.98 Å².